The standard InChI is InChI=1S/C16H14ClN3/c17-16-19-13-9-5-4-8-12(13)15-18-14(10-20(15)16)11-6-2-1-3-7-11/h1-3,6-7,10H,4-5,8-9H2. The Morgan fingerprint density at radius 3 is 2.65 bits per heavy atom. The Morgan fingerprint density at radius 1 is 1.00 bits per heavy atom. The van der Waals surface area contributed by atoms with Crippen molar-refractivity contribution >= 4 is 17.2 Å². The van der Waals surface area contributed by atoms with Gasteiger partial charge in [0, 0.05) is 17.3 Å². The highest BCUT2D eigenvalue weighted by atomic mass is 35.5. The lowest BCUT2D eigenvalue weighted by atomic mass is 9.97. The molecule has 4 rings (SSSR count). The van der Waals surface area contributed by atoms with E-state index in [4.69, 9.17) is 16.6 Å². The van der Waals surface area contributed by atoms with Crippen LogP contribution in [0, 0.1) is 0 Å². The van der Waals surface area contributed by atoms with Gasteiger partial charge in [-0.3, -0.25) is 4.40 Å². The molecule has 1 aromatic carbocycles. The van der Waals surface area contributed by atoms with Gasteiger partial charge in [-0.1, -0.05) is 30.3 Å². The normalized spacial score (nSPS) is 14.4. The van der Waals surface area contributed by atoms with Gasteiger partial charge in [0.05, 0.1) is 11.4 Å². The van der Waals surface area contributed by atoms with Crippen molar-refractivity contribution < 1.29 is 0 Å². The fourth-order valence-electron chi connectivity index (χ4n) is 2.90. The molecular weight excluding hydrogens is 270 g/mol. The molecule has 0 amide bonds. The Kier molecular flexibility index (Phi) is 2.74. The highest BCUT2D eigenvalue weighted by Gasteiger charge is 2.18. The van der Waals surface area contributed by atoms with Gasteiger partial charge in [-0.15, -0.1) is 0 Å². The summed E-state index contributed by atoms with van der Waals surface area (Å²) in [6.45, 7) is 0. The summed E-state index contributed by atoms with van der Waals surface area (Å²) in [5.74, 6) is 0. The van der Waals surface area contributed by atoms with Crippen LogP contribution >= 0.6 is 11.6 Å². The summed E-state index contributed by atoms with van der Waals surface area (Å²) in [5.41, 5.74) is 5.42. The second-order valence-electron chi connectivity index (χ2n) is 5.20. The minimum Gasteiger partial charge on any atom is -0.274 e. The molecule has 1 aliphatic carbocycles. The molecule has 2 aromatic heterocycles. The molecule has 0 radical (unpaired) electrons. The summed E-state index contributed by atoms with van der Waals surface area (Å²) >= 11 is 6.31. The minimum atomic E-state index is 0.510. The van der Waals surface area contributed by atoms with Crippen LogP contribution in [-0.2, 0) is 12.8 Å². The SMILES string of the molecule is Clc1nc2c(c3nc(-c4ccccc4)cn13)CCCC2. The third-order valence-corrected chi connectivity index (χ3v) is 4.18. The van der Waals surface area contributed by atoms with E-state index in [1.807, 2.05) is 28.8 Å². The first-order chi connectivity index (χ1) is 9.83. The largest absolute Gasteiger partial charge is 0.274 e. The van der Waals surface area contributed by atoms with Gasteiger partial charge in [0.15, 0.2) is 0 Å². The number of imidazole rings is 1. The van der Waals surface area contributed by atoms with Gasteiger partial charge in [-0.25, -0.2) is 9.97 Å². The monoisotopic (exact) mass is 283 g/mol. The maximum Gasteiger partial charge on any atom is 0.208 e. The molecule has 0 saturated heterocycles. The van der Waals surface area contributed by atoms with Crippen LogP contribution < -0.4 is 0 Å². The average molecular weight is 284 g/mol. The summed E-state index contributed by atoms with van der Waals surface area (Å²) in [4.78, 5) is 9.33. The summed E-state index contributed by atoms with van der Waals surface area (Å²) in [6, 6.07) is 10.2. The van der Waals surface area contributed by atoms with E-state index >= 15 is 0 Å². The fraction of sp³-hybridized carbons (Fsp3) is 0.250. The van der Waals surface area contributed by atoms with Crippen molar-refractivity contribution in [2.24, 2.45) is 0 Å². The van der Waals surface area contributed by atoms with Crippen LogP contribution in [0.2, 0.25) is 5.28 Å². The van der Waals surface area contributed by atoms with Gasteiger partial charge in [-0.2, -0.15) is 0 Å². The Bertz CT molecular complexity index is 777. The zero-order valence-electron chi connectivity index (χ0n) is 11.0. The summed E-state index contributed by atoms with van der Waals surface area (Å²) < 4.78 is 1.91. The molecule has 0 unspecified atom stereocenters. The van der Waals surface area contributed by atoms with Crippen LogP contribution in [0.1, 0.15) is 24.1 Å². The van der Waals surface area contributed by atoms with Crippen molar-refractivity contribution in [2.75, 3.05) is 0 Å². The van der Waals surface area contributed by atoms with E-state index in [1.165, 1.54) is 18.4 Å². The van der Waals surface area contributed by atoms with Gasteiger partial charge in [0.2, 0.25) is 5.28 Å². The van der Waals surface area contributed by atoms with Gasteiger partial charge in [0.25, 0.3) is 0 Å². The fourth-order valence-corrected chi connectivity index (χ4v) is 3.13. The van der Waals surface area contributed by atoms with Crippen LogP contribution in [0.3, 0.4) is 0 Å². The Hall–Kier alpha value is -1.87. The summed E-state index contributed by atoms with van der Waals surface area (Å²) in [6.07, 6.45) is 6.44. The predicted octanol–water partition coefficient (Wildman–Crippen LogP) is 3.93. The maximum absolute atomic E-state index is 6.31. The predicted molar refractivity (Wildman–Crippen MR) is 80.1 cm³/mol. The van der Waals surface area contributed by atoms with E-state index in [1.54, 1.807) is 0 Å². The number of benzene rings is 1. The van der Waals surface area contributed by atoms with Crippen LogP contribution in [0.15, 0.2) is 36.5 Å². The number of hydrogen-bond donors (Lipinski definition) is 0. The lowest BCUT2D eigenvalue weighted by molar-refractivity contribution is 0.664. The lowest BCUT2D eigenvalue weighted by Gasteiger charge is -2.15. The van der Waals surface area contributed by atoms with Gasteiger partial charge in [-0.05, 0) is 37.3 Å². The average Bonchev–Trinajstić information content (AvgIpc) is 2.94. The van der Waals surface area contributed by atoms with E-state index < -0.39 is 0 Å². The van der Waals surface area contributed by atoms with Crippen LogP contribution in [0.4, 0.5) is 0 Å². The zero-order valence-corrected chi connectivity index (χ0v) is 11.8. The van der Waals surface area contributed by atoms with E-state index in [0.29, 0.717) is 5.28 Å². The molecule has 0 bridgehead atoms. The Labute approximate surface area is 122 Å². The molecule has 0 saturated carbocycles. The maximum atomic E-state index is 6.31. The number of rotatable bonds is 1. The minimum absolute atomic E-state index is 0.510. The number of fused-ring (bicyclic) bond motifs is 3. The third-order valence-electron chi connectivity index (χ3n) is 3.91. The molecule has 100 valence electrons. The summed E-state index contributed by atoms with van der Waals surface area (Å²) in [5, 5.41) is 0.510. The molecule has 0 N–H and O–H groups in total. The highest BCUT2D eigenvalue weighted by molar-refractivity contribution is 6.28. The second kappa shape index (κ2) is 4.60. The van der Waals surface area contributed by atoms with Gasteiger partial charge >= 0.3 is 0 Å². The molecule has 20 heavy (non-hydrogen) atoms. The highest BCUT2D eigenvalue weighted by Crippen LogP contribution is 2.28. The van der Waals surface area contributed by atoms with Crippen molar-refractivity contribution in [3.05, 3.63) is 53.1 Å². The van der Waals surface area contributed by atoms with E-state index in [0.717, 1.165) is 35.4 Å². The molecule has 0 spiro atoms. The van der Waals surface area contributed by atoms with Crippen LogP contribution in [-0.4, -0.2) is 14.4 Å². The third kappa shape index (κ3) is 1.81. The van der Waals surface area contributed by atoms with Crippen molar-refractivity contribution in [3.8, 4) is 11.3 Å². The molecular formula is C16H14ClN3. The van der Waals surface area contributed by atoms with Crippen molar-refractivity contribution in [3.63, 3.8) is 0 Å². The van der Waals surface area contributed by atoms with Crippen LogP contribution in [0.25, 0.3) is 16.9 Å². The molecule has 0 aliphatic heterocycles. The number of aromatic nitrogens is 3. The molecule has 1 aliphatic rings. The van der Waals surface area contributed by atoms with Gasteiger partial charge in [0.1, 0.15) is 5.65 Å². The molecule has 3 nitrogen and oxygen atoms in total. The zero-order chi connectivity index (χ0) is 13.5. The summed E-state index contributed by atoms with van der Waals surface area (Å²) in [7, 11) is 0. The van der Waals surface area contributed by atoms with Crippen molar-refractivity contribution in [2.45, 2.75) is 25.7 Å². The molecule has 0 fully saturated rings. The molecule has 0 atom stereocenters. The first-order valence-electron chi connectivity index (χ1n) is 6.95. The number of aryl methyl sites for hydroxylation is 2. The number of halogens is 1. The number of nitrogens with zero attached hydrogens (tertiary/aromatic N) is 3. The van der Waals surface area contributed by atoms with E-state index in [9.17, 15) is 0 Å². The molecule has 4 heteroatoms. The van der Waals surface area contributed by atoms with E-state index in [-0.39, 0.29) is 0 Å². The smallest absolute Gasteiger partial charge is 0.208 e. The topological polar surface area (TPSA) is 30.2 Å². The first kappa shape index (κ1) is 11.9. The number of hydrogen-bond acceptors (Lipinski definition) is 2. The molecule has 3 aromatic rings. The quantitative estimate of drug-likeness (QED) is 0.634. The molecule has 2 heterocycles. The Balaban J connectivity index is 1.97. The van der Waals surface area contributed by atoms with Gasteiger partial charge < -0.3 is 0 Å². The first-order valence-corrected chi connectivity index (χ1v) is 7.32. The van der Waals surface area contributed by atoms with Crippen molar-refractivity contribution in [1.29, 1.82) is 0 Å². The second-order valence-corrected chi connectivity index (χ2v) is 5.54. The van der Waals surface area contributed by atoms with Crippen LogP contribution in [0.5, 0.6) is 0 Å². The van der Waals surface area contributed by atoms with E-state index in [2.05, 4.69) is 17.1 Å². The van der Waals surface area contributed by atoms with Crippen molar-refractivity contribution in [1.82, 2.24) is 14.4 Å². The Morgan fingerprint density at radius 2 is 1.80 bits per heavy atom. The lowest BCUT2D eigenvalue weighted by Crippen LogP contribution is -2.09.